The van der Waals surface area contributed by atoms with Crippen molar-refractivity contribution in [3.8, 4) is 0 Å². The van der Waals surface area contributed by atoms with Crippen molar-refractivity contribution in [1.29, 1.82) is 0 Å². The summed E-state index contributed by atoms with van der Waals surface area (Å²) in [5, 5.41) is 3.88. The van der Waals surface area contributed by atoms with E-state index in [-0.39, 0.29) is 11.4 Å². The molecule has 1 aromatic heterocycles. The van der Waals surface area contributed by atoms with Crippen LogP contribution in [-0.4, -0.2) is 24.7 Å². The maximum absolute atomic E-state index is 11.5. The summed E-state index contributed by atoms with van der Waals surface area (Å²) in [5.74, 6) is 0. The third-order valence-electron chi connectivity index (χ3n) is 1.66. The van der Waals surface area contributed by atoms with Gasteiger partial charge in [0, 0.05) is 19.3 Å². The molecule has 6 heteroatoms. The molecule has 0 atom stereocenters. The highest BCUT2D eigenvalue weighted by Crippen LogP contribution is 2.05. The van der Waals surface area contributed by atoms with Gasteiger partial charge in [-0.05, 0) is 6.92 Å². The van der Waals surface area contributed by atoms with Gasteiger partial charge in [-0.2, -0.15) is 5.10 Å². The molecule has 1 heterocycles. The number of aryl methyl sites for hydroxylation is 1. The van der Waals surface area contributed by atoms with Crippen molar-refractivity contribution in [3.05, 3.63) is 25.0 Å². The first-order valence-electron chi connectivity index (χ1n) is 4.23. The van der Waals surface area contributed by atoms with E-state index in [1.54, 1.807) is 4.68 Å². The molecular weight excluding hydrogens is 202 g/mol. The Kier molecular flexibility index (Phi) is 3.43. The molecule has 0 radical (unpaired) electrons. The van der Waals surface area contributed by atoms with Gasteiger partial charge in [-0.25, -0.2) is 13.1 Å². The zero-order valence-corrected chi connectivity index (χ0v) is 8.79. The lowest BCUT2D eigenvalue weighted by molar-refractivity contribution is 0.585. The van der Waals surface area contributed by atoms with Crippen LogP contribution in [0.15, 0.2) is 29.9 Å². The third-order valence-corrected chi connectivity index (χ3v) is 3.04. The summed E-state index contributed by atoms with van der Waals surface area (Å²) < 4.78 is 26.9. The maximum atomic E-state index is 11.5. The van der Waals surface area contributed by atoms with E-state index in [0.29, 0.717) is 6.54 Å². The molecule has 0 bridgehead atoms. The molecule has 0 amide bonds. The van der Waals surface area contributed by atoms with E-state index < -0.39 is 10.0 Å². The smallest absolute Gasteiger partial charge is 0.243 e. The van der Waals surface area contributed by atoms with E-state index in [1.807, 2.05) is 6.92 Å². The summed E-state index contributed by atoms with van der Waals surface area (Å²) in [4.78, 5) is 0.182. The molecule has 0 spiro atoms. The highest BCUT2D eigenvalue weighted by Gasteiger charge is 2.14. The Morgan fingerprint density at radius 1 is 1.71 bits per heavy atom. The average molecular weight is 215 g/mol. The molecule has 0 aliphatic carbocycles. The van der Waals surface area contributed by atoms with E-state index in [9.17, 15) is 8.42 Å². The maximum Gasteiger partial charge on any atom is 0.243 e. The molecule has 0 aromatic carbocycles. The van der Waals surface area contributed by atoms with Crippen molar-refractivity contribution in [2.75, 3.05) is 6.54 Å². The van der Waals surface area contributed by atoms with Gasteiger partial charge < -0.3 is 0 Å². The summed E-state index contributed by atoms with van der Waals surface area (Å²) >= 11 is 0. The van der Waals surface area contributed by atoms with Crippen molar-refractivity contribution in [1.82, 2.24) is 14.5 Å². The van der Waals surface area contributed by atoms with Crippen LogP contribution in [-0.2, 0) is 16.6 Å². The zero-order chi connectivity index (χ0) is 10.6. The van der Waals surface area contributed by atoms with E-state index in [4.69, 9.17) is 0 Å². The Balaban J connectivity index is 2.86. The number of rotatable bonds is 5. The number of nitrogens with one attached hydrogen (secondary N) is 1. The molecular formula is C8H13N3O2S. The topological polar surface area (TPSA) is 64.0 Å². The summed E-state index contributed by atoms with van der Waals surface area (Å²) in [6.45, 7) is 6.19. The monoisotopic (exact) mass is 215 g/mol. The van der Waals surface area contributed by atoms with E-state index in [0.717, 1.165) is 0 Å². The molecule has 0 aliphatic heterocycles. The second kappa shape index (κ2) is 4.39. The van der Waals surface area contributed by atoms with Gasteiger partial charge in [-0.15, -0.1) is 6.58 Å². The first-order valence-corrected chi connectivity index (χ1v) is 5.71. The molecule has 0 saturated heterocycles. The van der Waals surface area contributed by atoms with Gasteiger partial charge in [-0.1, -0.05) is 6.08 Å². The van der Waals surface area contributed by atoms with E-state index in [1.165, 1.54) is 18.5 Å². The van der Waals surface area contributed by atoms with Crippen LogP contribution in [0.1, 0.15) is 6.92 Å². The Labute approximate surface area is 83.5 Å². The Bertz CT molecular complexity index is 408. The van der Waals surface area contributed by atoms with Gasteiger partial charge in [-0.3, -0.25) is 4.68 Å². The molecule has 1 rings (SSSR count). The average Bonchev–Trinajstić information content (AvgIpc) is 2.63. The number of aromatic nitrogens is 2. The highest BCUT2D eigenvalue weighted by molar-refractivity contribution is 7.89. The van der Waals surface area contributed by atoms with Crippen LogP contribution in [0, 0.1) is 0 Å². The Morgan fingerprint density at radius 3 is 2.93 bits per heavy atom. The van der Waals surface area contributed by atoms with Crippen LogP contribution in [0.3, 0.4) is 0 Å². The molecule has 14 heavy (non-hydrogen) atoms. The van der Waals surface area contributed by atoms with Crippen molar-refractivity contribution in [2.24, 2.45) is 0 Å². The quantitative estimate of drug-likeness (QED) is 0.722. The van der Waals surface area contributed by atoms with Crippen LogP contribution in [0.2, 0.25) is 0 Å². The number of hydrogen-bond donors (Lipinski definition) is 1. The van der Waals surface area contributed by atoms with Crippen LogP contribution in [0.5, 0.6) is 0 Å². The molecule has 5 nitrogen and oxygen atoms in total. The predicted molar refractivity (Wildman–Crippen MR) is 53.3 cm³/mol. The first-order chi connectivity index (χ1) is 6.60. The second-order valence-electron chi connectivity index (χ2n) is 2.67. The standard InChI is InChI=1S/C8H13N3O2S/c1-3-5-10-14(12,13)8-6-9-11(4-2)7-8/h3,6-7,10H,1,4-5H2,2H3. The normalized spacial score (nSPS) is 11.5. The SMILES string of the molecule is C=CCNS(=O)(=O)c1cnn(CC)c1. The fraction of sp³-hybridized carbons (Fsp3) is 0.375. The van der Waals surface area contributed by atoms with Crippen LogP contribution < -0.4 is 4.72 Å². The summed E-state index contributed by atoms with van der Waals surface area (Å²) in [5.41, 5.74) is 0. The minimum Gasteiger partial charge on any atom is -0.272 e. The molecule has 0 unspecified atom stereocenters. The lowest BCUT2D eigenvalue weighted by atomic mass is 10.7. The fourth-order valence-corrected chi connectivity index (χ4v) is 1.86. The lowest BCUT2D eigenvalue weighted by Crippen LogP contribution is -2.23. The van der Waals surface area contributed by atoms with E-state index >= 15 is 0 Å². The molecule has 0 fully saturated rings. The number of hydrogen-bond acceptors (Lipinski definition) is 3. The van der Waals surface area contributed by atoms with Gasteiger partial charge >= 0.3 is 0 Å². The van der Waals surface area contributed by atoms with Gasteiger partial charge in [0.2, 0.25) is 10.0 Å². The minimum atomic E-state index is -3.42. The van der Waals surface area contributed by atoms with E-state index in [2.05, 4.69) is 16.4 Å². The first kappa shape index (κ1) is 10.9. The van der Waals surface area contributed by atoms with Gasteiger partial charge in [0.05, 0.1) is 6.20 Å². The van der Waals surface area contributed by atoms with Crippen LogP contribution in [0.25, 0.3) is 0 Å². The third kappa shape index (κ3) is 2.43. The molecule has 0 saturated carbocycles. The van der Waals surface area contributed by atoms with Crippen molar-refractivity contribution < 1.29 is 8.42 Å². The number of sulfonamides is 1. The van der Waals surface area contributed by atoms with Crippen molar-refractivity contribution in [3.63, 3.8) is 0 Å². The van der Waals surface area contributed by atoms with Crippen LogP contribution in [0.4, 0.5) is 0 Å². The lowest BCUT2D eigenvalue weighted by Gasteiger charge is -1.99. The van der Waals surface area contributed by atoms with Crippen molar-refractivity contribution in [2.45, 2.75) is 18.4 Å². The molecule has 78 valence electrons. The predicted octanol–water partition coefficient (Wildman–Crippen LogP) is 0.367. The largest absolute Gasteiger partial charge is 0.272 e. The van der Waals surface area contributed by atoms with Gasteiger partial charge in [0.25, 0.3) is 0 Å². The number of nitrogens with zero attached hydrogens (tertiary/aromatic N) is 2. The minimum absolute atomic E-state index is 0.182. The van der Waals surface area contributed by atoms with Crippen LogP contribution >= 0.6 is 0 Å². The molecule has 1 N–H and O–H groups in total. The van der Waals surface area contributed by atoms with Gasteiger partial charge in [0.15, 0.2) is 0 Å². The Morgan fingerprint density at radius 2 is 2.43 bits per heavy atom. The summed E-state index contributed by atoms with van der Waals surface area (Å²) in [6.07, 6.45) is 4.31. The fourth-order valence-electron chi connectivity index (χ4n) is 0.908. The highest BCUT2D eigenvalue weighted by atomic mass is 32.2. The zero-order valence-electron chi connectivity index (χ0n) is 7.97. The molecule has 0 aliphatic rings. The second-order valence-corrected chi connectivity index (χ2v) is 4.44. The summed E-state index contributed by atoms with van der Waals surface area (Å²) in [7, 11) is -3.42. The van der Waals surface area contributed by atoms with Crippen molar-refractivity contribution >= 4 is 10.0 Å². The van der Waals surface area contributed by atoms with Gasteiger partial charge in [0.1, 0.15) is 4.90 Å². The molecule has 1 aromatic rings. The summed E-state index contributed by atoms with van der Waals surface area (Å²) in [6, 6.07) is 0. The Hall–Kier alpha value is -1.14.